The summed E-state index contributed by atoms with van der Waals surface area (Å²) in [6.07, 6.45) is 5.44. The van der Waals surface area contributed by atoms with E-state index in [9.17, 15) is 5.11 Å². The molecule has 0 saturated heterocycles. The summed E-state index contributed by atoms with van der Waals surface area (Å²) < 4.78 is 6.11. The first-order valence-corrected chi connectivity index (χ1v) is 7.65. The van der Waals surface area contributed by atoms with Crippen molar-refractivity contribution < 1.29 is 9.84 Å². The number of benzene rings is 1. The first kappa shape index (κ1) is 13.3. The normalized spacial score (nSPS) is 34.5. The molecule has 0 bridgehead atoms. The van der Waals surface area contributed by atoms with Gasteiger partial charge in [0, 0.05) is 17.0 Å². The molecule has 1 heterocycles. The Morgan fingerprint density at radius 1 is 1.21 bits per heavy atom. The Morgan fingerprint density at radius 2 is 1.95 bits per heavy atom. The minimum atomic E-state index is -0.438. The number of halogens is 1. The Morgan fingerprint density at radius 3 is 2.68 bits per heavy atom. The molecule has 1 aromatic carbocycles. The maximum absolute atomic E-state index is 10.3. The van der Waals surface area contributed by atoms with E-state index in [1.54, 1.807) is 0 Å². The highest BCUT2D eigenvalue weighted by Crippen LogP contribution is 2.41. The number of ether oxygens (including phenoxy) is 1. The number of hydrogen-bond acceptors (Lipinski definition) is 2. The van der Waals surface area contributed by atoms with Gasteiger partial charge in [-0.1, -0.05) is 31.4 Å². The van der Waals surface area contributed by atoms with Gasteiger partial charge >= 0.3 is 0 Å². The topological polar surface area (TPSA) is 29.5 Å². The van der Waals surface area contributed by atoms with Crippen LogP contribution < -0.4 is 4.74 Å². The SMILES string of the molecule is CC1CCC(C2C[C@H](O)c3cc(Cl)ccc3O2)CC1. The zero-order valence-corrected chi connectivity index (χ0v) is 12.1. The molecule has 1 saturated carbocycles. The Balaban J connectivity index is 1.75. The van der Waals surface area contributed by atoms with Crippen LogP contribution in [0.4, 0.5) is 0 Å². The second kappa shape index (κ2) is 5.34. The molecule has 2 nitrogen and oxygen atoms in total. The molecule has 104 valence electrons. The predicted molar refractivity (Wildman–Crippen MR) is 76.6 cm³/mol. The molecule has 1 aliphatic heterocycles. The Bertz CT molecular complexity index is 452. The third-order valence-corrected chi connectivity index (χ3v) is 4.89. The van der Waals surface area contributed by atoms with Gasteiger partial charge < -0.3 is 9.84 Å². The van der Waals surface area contributed by atoms with Gasteiger partial charge in [0.1, 0.15) is 11.9 Å². The minimum Gasteiger partial charge on any atom is -0.490 e. The lowest BCUT2D eigenvalue weighted by atomic mass is 9.78. The van der Waals surface area contributed by atoms with E-state index in [0.29, 0.717) is 17.4 Å². The van der Waals surface area contributed by atoms with Crippen molar-refractivity contribution in [3.05, 3.63) is 28.8 Å². The second-order valence-electron chi connectivity index (χ2n) is 6.11. The molecule has 1 aromatic rings. The van der Waals surface area contributed by atoms with E-state index in [2.05, 4.69) is 6.92 Å². The molecule has 0 aromatic heterocycles. The summed E-state index contributed by atoms with van der Waals surface area (Å²) in [5, 5.41) is 11.0. The summed E-state index contributed by atoms with van der Waals surface area (Å²) in [7, 11) is 0. The van der Waals surface area contributed by atoms with E-state index in [-0.39, 0.29) is 6.10 Å². The third kappa shape index (κ3) is 2.75. The van der Waals surface area contributed by atoms with Crippen LogP contribution in [0.2, 0.25) is 5.02 Å². The second-order valence-corrected chi connectivity index (χ2v) is 6.55. The van der Waals surface area contributed by atoms with Crippen LogP contribution in [-0.4, -0.2) is 11.2 Å². The summed E-state index contributed by atoms with van der Waals surface area (Å²) in [4.78, 5) is 0. The van der Waals surface area contributed by atoms with E-state index in [4.69, 9.17) is 16.3 Å². The Kier molecular flexibility index (Phi) is 3.72. The molecular formula is C16H21ClO2. The largest absolute Gasteiger partial charge is 0.490 e. The van der Waals surface area contributed by atoms with Crippen LogP contribution in [0.1, 0.15) is 50.7 Å². The van der Waals surface area contributed by atoms with Crippen LogP contribution in [0.25, 0.3) is 0 Å². The predicted octanol–water partition coefficient (Wildman–Crippen LogP) is 4.35. The molecule has 2 atom stereocenters. The molecule has 0 amide bonds. The van der Waals surface area contributed by atoms with Gasteiger partial charge in [0.25, 0.3) is 0 Å². The summed E-state index contributed by atoms with van der Waals surface area (Å²) in [6.45, 7) is 2.32. The van der Waals surface area contributed by atoms with Crippen LogP contribution in [0.3, 0.4) is 0 Å². The smallest absolute Gasteiger partial charge is 0.125 e. The summed E-state index contributed by atoms with van der Waals surface area (Å²) in [5.74, 6) is 2.25. The van der Waals surface area contributed by atoms with Gasteiger partial charge in [-0.25, -0.2) is 0 Å². The monoisotopic (exact) mass is 280 g/mol. The van der Waals surface area contributed by atoms with Crippen LogP contribution in [0, 0.1) is 11.8 Å². The van der Waals surface area contributed by atoms with Gasteiger partial charge in [0.05, 0.1) is 6.10 Å². The zero-order valence-electron chi connectivity index (χ0n) is 11.3. The average molecular weight is 281 g/mol. The van der Waals surface area contributed by atoms with Gasteiger partial charge in [-0.15, -0.1) is 0 Å². The number of aliphatic hydroxyl groups is 1. The highest BCUT2D eigenvalue weighted by Gasteiger charge is 2.34. The molecule has 1 aliphatic carbocycles. The lowest BCUT2D eigenvalue weighted by Crippen LogP contribution is -2.34. The van der Waals surface area contributed by atoms with Crippen LogP contribution in [-0.2, 0) is 0 Å². The van der Waals surface area contributed by atoms with Crippen molar-refractivity contribution in [2.24, 2.45) is 11.8 Å². The number of hydrogen-bond donors (Lipinski definition) is 1. The van der Waals surface area contributed by atoms with Crippen LogP contribution in [0.15, 0.2) is 18.2 Å². The van der Waals surface area contributed by atoms with E-state index >= 15 is 0 Å². The van der Waals surface area contributed by atoms with Crippen molar-refractivity contribution in [1.82, 2.24) is 0 Å². The van der Waals surface area contributed by atoms with Gasteiger partial charge in [-0.2, -0.15) is 0 Å². The molecule has 19 heavy (non-hydrogen) atoms. The van der Waals surface area contributed by atoms with E-state index in [0.717, 1.165) is 17.2 Å². The molecule has 1 unspecified atom stereocenters. The quantitative estimate of drug-likeness (QED) is 0.829. The van der Waals surface area contributed by atoms with Crippen molar-refractivity contribution in [2.45, 2.75) is 51.2 Å². The minimum absolute atomic E-state index is 0.163. The van der Waals surface area contributed by atoms with Crippen molar-refractivity contribution in [3.8, 4) is 5.75 Å². The third-order valence-electron chi connectivity index (χ3n) is 4.65. The maximum Gasteiger partial charge on any atom is 0.125 e. The molecule has 1 N–H and O–H groups in total. The first-order valence-electron chi connectivity index (χ1n) is 7.27. The van der Waals surface area contributed by atoms with Crippen molar-refractivity contribution >= 4 is 11.6 Å². The van der Waals surface area contributed by atoms with Gasteiger partial charge in [-0.05, 0) is 42.9 Å². The van der Waals surface area contributed by atoms with Crippen LogP contribution >= 0.6 is 11.6 Å². The molecular weight excluding hydrogens is 260 g/mol. The maximum atomic E-state index is 10.3. The zero-order chi connectivity index (χ0) is 13.4. The summed E-state index contributed by atoms with van der Waals surface area (Å²) in [5.41, 5.74) is 0.841. The van der Waals surface area contributed by atoms with E-state index in [1.807, 2.05) is 18.2 Å². The molecule has 1 fully saturated rings. The van der Waals surface area contributed by atoms with Crippen molar-refractivity contribution in [1.29, 1.82) is 0 Å². The average Bonchev–Trinajstić information content (AvgIpc) is 2.40. The van der Waals surface area contributed by atoms with E-state index in [1.165, 1.54) is 25.7 Å². The molecule has 3 rings (SSSR count). The van der Waals surface area contributed by atoms with Crippen LogP contribution in [0.5, 0.6) is 5.75 Å². The molecule has 0 radical (unpaired) electrons. The van der Waals surface area contributed by atoms with Crippen molar-refractivity contribution in [3.63, 3.8) is 0 Å². The summed E-state index contributed by atoms with van der Waals surface area (Å²) in [6, 6.07) is 5.54. The number of fused-ring (bicyclic) bond motifs is 1. The van der Waals surface area contributed by atoms with Crippen molar-refractivity contribution in [2.75, 3.05) is 0 Å². The molecule has 0 spiro atoms. The lowest BCUT2D eigenvalue weighted by Gasteiger charge is -2.37. The molecule has 2 aliphatic rings. The van der Waals surface area contributed by atoms with Gasteiger partial charge in [0.15, 0.2) is 0 Å². The molecule has 3 heteroatoms. The summed E-state index contributed by atoms with van der Waals surface area (Å²) >= 11 is 5.98. The first-order chi connectivity index (χ1) is 9.13. The fourth-order valence-electron chi connectivity index (χ4n) is 3.39. The number of aliphatic hydroxyl groups excluding tert-OH is 1. The standard InChI is InChI=1S/C16H21ClO2/c1-10-2-4-11(5-3-10)16-9-14(18)13-8-12(17)6-7-15(13)19-16/h6-8,10-11,14,16,18H,2-5,9H2,1H3/t10?,11?,14-,16?/m0/s1. The van der Waals surface area contributed by atoms with E-state index < -0.39 is 6.10 Å². The van der Waals surface area contributed by atoms with Gasteiger partial charge in [-0.3, -0.25) is 0 Å². The lowest BCUT2D eigenvalue weighted by molar-refractivity contribution is 0.0194. The number of rotatable bonds is 1. The highest BCUT2D eigenvalue weighted by molar-refractivity contribution is 6.30. The fourth-order valence-corrected chi connectivity index (χ4v) is 3.57. The highest BCUT2D eigenvalue weighted by atomic mass is 35.5. The Labute approximate surface area is 119 Å². The fraction of sp³-hybridized carbons (Fsp3) is 0.625. The van der Waals surface area contributed by atoms with Gasteiger partial charge in [0.2, 0.25) is 0 Å². The Hall–Kier alpha value is -0.730.